The second-order valence-corrected chi connectivity index (χ2v) is 4.05. The van der Waals surface area contributed by atoms with E-state index in [2.05, 4.69) is 0 Å². The van der Waals surface area contributed by atoms with E-state index in [0.29, 0.717) is 11.8 Å². The van der Waals surface area contributed by atoms with Gasteiger partial charge in [-0.15, -0.1) is 0 Å². The second kappa shape index (κ2) is 4.92. The van der Waals surface area contributed by atoms with Crippen molar-refractivity contribution in [3.8, 4) is 22.6 Å². The standard InChI is InChI=1S/C15H14O3/c1-10-7-11(8-12(9-16)15(10)17)13-5-3-4-6-14(13)18-2/h3-9,17H,1-2H3. The van der Waals surface area contributed by atoms with Gasteiger partial charge in [-0.3, -0.25) is 4.79 Å². The van der Waals surface area contributed by atoms with E-state index in [1.807, 2.05) is 30.3 Å². The summed E-state index contributed by atoms with van der Waals surface area (Å²) in [6.45, 7) is 1.77. The van der Waals surface area contributed by atoms with E-state index in [1.165, 1.54) is 0 Å². The number of methoxy groups -OCH3 is 1. The first kappa shape index (κ1) is 12.2. The second-order valence-electron chi connectivity index (χ2n) is 4.05. The third-order valence-electron chi connectivity index (χ3n) is 2.87. The first-order valence-corrected chi connectivity index (χ1v) is 5.59. The number of hydrogen-bond acceptors (Lipinski definition) is 3. The summed E-state index contributed by atoms with van der Waals surface area (Å²) in [4.78, 5) is 10.9. The molecule has 0 aliphatic rings. The highest BCUT2D eigenvalue weighted by Gasteiger charge is 2.10. The predicted molar refractivity (Wildman–Crippen MR) is 70.2 cm³/mol. The number of ether oxygens (including phenoxy) is 1. The van der Waals surface area contributed by atoms with Crippen molar-refractivity contribution in [2.75, 3.05) is 7.11 Å². The molecule has 0 unspecified atom stereocenters. The van der Waals surface area contributed by atoms with E-state index in [1.54, 1.807) is 20.1 Å². The van der Waals surface area contributed by atoms with Crippen LogP contribution in [0.15, 0.2) is 36.4 Å². The maximum atomic E-state index is 10.9. The van der Waals surface area contributed by atoms with E-state index >= 15 is 0 Å². The van der Waals surface area contributed by atoms with Crippen molar-refractivity contribution in [3.63, 3.8) is 0 Å². The Morgan fingerprint density at radius 2 is 1.94 bits per heavy atom. The van der Waals surface area contributed by atoms with Crippen LogP contribution < -0.4 is 4.74 Å². The number of aryl methyl sites for hydroxylation is 1. The zero-order valence-corrected chi connectivity index (χ0v) is 10.3. The van der Waals surface area contributed by atoms with Crippen molar-refractivity contribution >= 4 is 6.29 Å². The fourth-order valence-electron chi connectivity index (χ4n) is 1.94. The molecule has 2 aromatic carbocycles. The number of rotatable bonds is 3. The first-order valence-electron chi connectivity index (χ1n) is 5.59. The van der Waals surface area contributed by atoms with E-state index < -0.39 is 0 Å². The molecule has 1 N–H and O–H groups in total. The van der Waals surface area contributed by atoms with Crippen molar-refractivity contribution in [2.24, 2.45) is 0 Å². The van der Waals surface area contributed by atoms with E-state index in [9.17, 15) is 9.90 Å². The lowest BCUT2D eigenvalue weighted by molar-refractivity contribution is 0.112. The lowest BCUT2D eigenvalue weighted by Crippen LogP contribution is -1.91. The van der Waals surface area contributed by atoms with Crippen LogP contribution in [0.5, 0.6) is 11.5 Å². The van der Waals surface area contributed by atoms with Crippen LogP contribution in [-0.4, -0.2) is 18.5 Å². The van der Waals surface area contributed by atoms with E-state index in [0.717, 1.165) is 16.9 Å². The average Bonchev–Trinajstić information content (AvgIpc) is 2.41. The Bertz CT molecular complexity index is 588. The van der Waals surface area contributed by atoms with Gasteiger partial charge in [-0.25, -0.2) is 0 Å². The lowest BCUT2D eigenvalue weighted by Gasteiger charge is -2.11. The number of hydrogen-bond donors (Lipinski definition) is 1. The zero-order chi connectivity index (χ0) is 13.1. The Balaban J connectivity index is 2.64. The molecule has 0 saturated carbocycles. The van der Waals surface area contributed by atoms with E-state index in [-0.39, 0.29) is 11.3 Å². The molecule has 0 radical (unpaired) electrons. The summed E-state index contributed by atoms with van der Waals surface area (Å²) in [7, 11) is 1.60. The third-order valence-corrected chi connectivity index (χ3v) is 2.87. The molecule has 0 saturated heterocycles. The van der Waals surface area contributed by atoms with Crippen LogP contribution in [0, 0.1) is 6.92 Å². The summed E-state index contributed by atoms with van der Waals surface area (Å²) in [5, 5.41) is 9.73. The molecule has 0 spiro atoms. The molecule has 3 heteroatoms. The molecule has 3 nitrogen and oxygen atoms in total. The number of carbonyl (C=O) groups excluding carboxylic acids is 1. The van der Waals surface area contributed by atoms with Crippen molar-refractivity contribution in [1.82, 2.24) is 0 Å². The summed E-state index contributed by atoms with van der Waals surface area (Å²) < 4.78 is 5.29. The van der Waals surface area contributed by atoms with Gasteiger partial charge in [0.15, 0.2) is 6.29 Å². The average molecular weight is 242 g/mol. The Kier molecular flexibility index (Phi) is 3.33. The highest BCUT2D eigenvalue weighted by atomic mass is 16.5. The molecular formula is C15H14O3. The highest BCUT2D eigenvalue weighted by molar-refractivity contribution is 5.85. The monoisotopic (exact) mass is 242 g/mol. The SMILES string of the molecule is COc1ccccc1-c1cc(C)c(O)c(C=O)c1. The topological polar surface area (TPSA) is 46.5 Å². The van der Waals surface area contributed by atoms with Gasteiger partial charge in [-0.05, 0) is 36.2 Å². The summed E-state index contributed by atoms with van der Waals surface area (Å²) in [5.41, 5.74) is 2.70. The normalized spacial score (nSPS) is 10.1. The van der Waals surface area contributed by atoms with Gasteiger partial charge in [-0.2, -0.15) is 0 Å². The minimum atomic E-state index is 0.0312. The number of phenols is 1. The van der Waals surface area contributed by atoms with Gasteiger partial charge in [0, 0.05) is 5.56 Å². The molecule has 0 fully saturated rings. The van der Waals surface area contributed by atoms with Crippen LogP contribution in [0.4, 0.5) is 0 Å². The first-order chi connectivity index (χ1) is 8.67. The number of aldehydes is 1. The molecule has 0 aliphatic carbocycles. The summed E-state index contributed by atoms with van der Waals surface area (Å²) >= 11 is 0. The maximum absolute atomic E-state index is 10.9. The minimum absolute atomic E-state index is 0.0312. The molecule has 2 aromatic rings. The van der Waals surface area contributed by atoms with Gasteiger partial charge in [-0.1, -0.05) is 18.2 Å². The Morgan fingerprint density at radius 3 is 2.61 bits per heavy atom. The van der Waals surface area contributed by atoms with Crippen LogP contribution in [0.25, 0.3) is 11.1 Å². The van der Waals surface area contributed by atoms with Gasteiger partial charge >= 0.3 is 0 Å². The molecule has 0 amide bonds. The van der Waals surface area contributed by atoms with Crippen molar-refractivity contribution in [1.29, 1.82) is 0 Å². The van der Waals surface area contributed by atoms with Gasteiger partial charge in [0.2, 0.25) is 0 Å². The molecule has 0 aromatic heterocycles. The highest BCUT2D eigenvalue weighted by Crippen LogP contribution is 2.33. The summed E-state index contributed by atoms with van der Waals surface area (Å²) in [6.07, 6.45) is 0.654. The fourth-order valence-corrected chi connectivity index (χ4v) is 1.94. The number of phenolic OH excluding ortho intramolecular Hbond substituents is 1. The Labute approximate surface area is 106 Å². The quantitative estimate of drug-likeness (QED) is 0.841. The van der Waals surface area contributed by atoms with Crippen molar-refractivity contribution < 1.29 is 14.6 Å². The number of carbonyl (C=O) groups is 1. The number of aromatic hydroxyl groups is 1. The Morgan fingerprint density at radius 1 is 1.22 bits per heavy atom. The maximum Gasteiger partial charge on any atom is 0.153 e. The summed E-state index contributed by atoms with van der Waals surface area (Å²) in [6, 6.07) is 11.1. The van der Waals surface area contributed by atoms with Crippen LogP contribution in [0.3, 0.4) is 0 Å². The molecule has 18 heavy (non-hydrogen) atoms. The van der Waals surface area contributed by atoms with Crippen LogP contribution in [-0.2, 0) is 0 Å². The molecule has 2 rings (SSSR count). The smallest absolute Gasteiger partial charge is 0.153 e. The van der Waals surface area contributed by atoms with E-state index in [4.69, 9.17) is 4.74 Å². The third kappa shape index (κ3) is 2.07. The van der Waals surface area contributed by atoms with Gasteiger partial charge in [0.05, 0.1) is 12.7 Å². The largest absolute Gasteiger partial charge is 0.507 e. The van der Waals surface area contributed by atoms with Crippen LogP contribution >= 0.6 is 0 Å². The molecule has 0 atom stereocenters. The minimum Gasteiger partial charge on any atom is -0.507 e. The predicted octanol–water partition coefficient (Wildman–Crippen LogP) is 3.19. The molecule has 0 bridgehead atoms. The van der Waals surface area contributed by atoms with Crippen LogP contribution in [0.2, 0.25) is 0 Å². The molecule has 92 valence electrons. The van der Waals surface area contributed by atoms with Crippen molar-refractivity contribution in [2.45, 2.75) is 6.92 Å². The van der Waals surface area contributed by atoms with Crippen LogP contribution in [0.1, 0.15) is 15.9 Å². The van der Waals surface area contributed by atoms with Gasteiger partial charge < -0.3 is 9.84 Å². The van der Waals surface area contributed by atoms with Gasteiger partial charge in [0.25, 0.3) is 0 Å². The summed E-state index contributed by atoms with van der Waals surface area (Å²) in [5.74, 6) is 0.767. The Hall–Kier alpha value is -2.29. The number of benzene rings is 2. The molecule has 0 heterocycles. The fraction of sp³-hybridized carbons (Fsp3) is 0.133. The molecule has 0 aliphatic heterocycles. The lowest BCUT2D eigenvalue weighted by atomic mass is 9.99. The van der Waals surface area contributed by atoms with Crippen molar-refractivity contribution in [3.05, 3.63) is 47.5 Å². The molecular weight excluding hydrogens is 228 g/mol. The zero-order valence-electron chi connectivity index (χ0n) is 10.3. The number of para-hydroxylation sites is 1. The van der Waals surface area contributed by atoms with Gasteiger partial charge in [0.1, 0.15) is 11.5 Å².